The van der Waals surface area contributed by atoms with Gasteiger partial charge in [0.15, 0.2) is 12.6 Å². The second-order valence-corrected chi connectivity index (χ2v) is 13.4. The summed E-state index contributed by atoms with van der Waals surface area (Å²) in [5.74, 6) is 0. The van der Waals surface area contributed by atoms with Crippen LogP contribution in [-0.2, 0) is 0 Å². The molecule has 0 aliphatic rings. The number of rotatable bonds is 10. The number of hydrogen-bond donors (Lipinski definition) is 0. The number of carbonyl (C=O) groups is 2. The van der Waals surface area contributed by atoms with Crippen molar-refractivity contribution >= 4 is 46.7 Å². The first-order valence-electron chi connectivity index (χ1n) is 17.5. The van der Waals surface area contributed by atoms with Crippen LogP contribution in [0.15, 0.2) is 158 Å². The van der Waals surface area contributed by atoms with Crippen LogP contribution in [0.4, 0.5) is 34.1 Å². The highest BCUT2D eigenvalue weighted by Gasteiger charge is 2.17. The van der Waals surface area contributed by atoms with E-state index in [9.17, 15) is 9.59 Å². The minimum absolute atomic E-state index is 0.521. The largest absolute Gasteiger partial charge is 0.311 e. The third-order valence-electron chi connectivity index (χ3n) is 9.52. The number of benzene rings is 7. The Balaban J connectivity index is 1.23. The van der Waals surface area contributed by atoms with Gasteiger partial charge < -0.3 is 9.80 Å². The van der Waals surface area contributed by atoms with Gasteiger partial charge in [-0.3, -0.25) is 9.59 Å². The number of aldehydes is 2. The molecular formula is C48H40N2O2. The molecule has 4 nitrogen and oxygen atoms in total. The lowest BCUT2D eigenvalue weighted by Gasteiger charge is -2.26. The maximum absolute atomic E-state index is 12.6. The molecule has 4 heteroatoms. The Morgan fingerprint density at radius 2 is 0.538 bits per heavy atom. The Labute approximate surface area is 306 Å². The SMILES string of the molecule is Cc1ccc(N(c2ccc(C)cc2)c2ccc(-c3cc(C=O)c(-c4ccc(N(c5ccc(C)cc5)c5ccc(C)cc5)cc4)cc3C=O)cc2)cc1. The van der Waals surface area contributed by atoms with Gasteiger partial charge in [-0.05, 0) is 135 Å². The van der Waals surface area contributed by atoms with E-state index in [0.717, 1.165) is 57.8 Å². The fourth-order valence-electron chi connectivity index (χ4n) is 6.58. The third kappa shape index (κ3) is 7.05. The Morgan fingerprint density at radius 3 is 0.750 bits per heavy atom. The van der Waals surface area contributed by atoms with Crippen molar-refractivity contribution in [2.24, 2.45) is 0 Å². The van der Waals surface area contributed by atoms with E-state index in [1.165, 1.54) is 22.3 Å². The average molecular weight is 677 g/mol. The molecule has 7 rings (SSSR count). The molecule has 0 bridgehead atoms. The quantitative estimate of drug-likeness (QED) is 0.135. The van der Waals surface area contributed by atoms with E-state index < -0.39 is 0 Å². The predicted octanol–water partition coefficient (Wildman–Crippen LogP) is 12.8. The lowest BCUT2D eigenvalue weighted by molar-refractivity contribution is 0.111. The molecule has 0 radical (unpaired) electrons. The molecule has 0 fully saturated rings. The minimum Gasteiger partial charge on any atom is -0.311 e. The van der Waals surface area contributed by atoms with Crippen molar-refractivity contribution in [3.63, 3.8) is 0 Å². The van der Waals surface area contributed by atoms with Gasteiger partial charge in [0.1, 0.15) is 0 Å². The summed E-state index contributed by atoms with van der Waals surface area (Å²) < 4.78 is 0. The second kappa shape index (κ2) is 14.8. The van der Waals surface area contributed by atoms with Crippen molar-refractivity contribution in [1.82, 2.24) is 0 Å². The standard InChI is InChI=1S/C48H40N2O2/c1-33-5-17-41(18-6-33)49(42-19-7-34(2)8-20-42)45-25-13-37(14-26-45)47-29-40(32-52)48(30-39(47)31-51)38-15-27-46(28-16-38)50(43-21-9-35(3)10-22-43)44-23-11-36(4)12-24-44/h5-32H,1-4H3. The smallest absolute Gasteiger partial charge is 0.150 e. The van der Waals surface area contributed by atoms with Crippen LogP contribution in [0.1, 0.15) is 43.0 Å². The highest BCUT2D eigenvalue weighted by molar-refractivity contribution is 5.97. The van der Waals surface area contributed by atoms with Crippen molar-refractivity contribution in [3.05, 3.63) is 191 Å². The molecule has 52 heavy (non-hydrogen) atoms. The zero-order chi connectivity index (χ0) is 36.2. The second-order valence-electron chi connectivity index (χ2n) is 13.4. The first-order valence-corrected chi connectivity index (χ1v) is 17.5. The number of nitrogens with zero attached hydrogens (tertiary/aromatic N) is 2. The molecule has 0 aliphatic heterocycles. The minimum atomic E-state index is 0.521. The number of aryl methyl sites for hydroxylation is 4. The van der Waals surface area contributed by atoms with Gasteiger partial charge in [0, 0.05) is 45.3 Å². The summed E-state index contributed by atoms with van der Waals surface area (Å²) in [5.41, 5.74) is 15.1. The summed E-state index contributed by atoms with van der Waals surface area (Å²) in [7, 11) is 0. The predicted molar refractivity (Wildman–Crippen MR) is 216 cm³/mol. The first-order chi connectivity index (χ1) is 25.3. The van der Waals surface area contributed by atoms with Crippen molar-refractivity contribution in [2.75, 3.05) is 9.80 Å². The van der Waals surface area contributed by atoms with E-state index in [0.29, 0.717) is 22.3 Å². The summed E-state index contributed by atoms with van der Waals surface area (Å²) in [6, 6.07) is 53.8. The lowest BCUT2D eigenvalue weighted by atomic mass is 9.91. The van der Waals surface area contributed by atoms with Crippen LogP contribution in [0, 0.1) is 27.7 Å². The molecule has 0 saturated heterocycles. The Kier molecular flexibility index (Phi) is 9.64. The summed E-state index contributed by atoms with van der Waals surface area (Å²) in [4.78, 5) is 29.6. The van der Waals surface area contributed by atoms with E-state index in [1.807, 2.05) is 36.4 Å². The van der Waals surface area contributed by atoms with E-state index in [-0.39, 0.29) is 0 Å². The van der Waals surface area contributed by atoms with Gasteiger partial charge in [0.05, 0.1) is 0 Å². The highest BCUT2D eigenvalue weighted by Crippen LogP contribution is 2.39. The molecule has 0 N–H and O–H groups in total. The molecule has 7 aromatic rings. The fourth-order valence-corrected chi connectivity index (χ4v) is 6.58. The molecule has 0 heterocycles. The van der Waals surface area contributed by atoms with Gasteiger partial charge in [-0.15, -0.1) is 0 Å². The van der Waals surface area contributed by atoms with Crippen LogP contribution in [-0.4, -0.2) is 12.6 Å². The zero-order valence-electron chi connectivity index (χ0n) is 29.9. The summed E-state index contributed by atoms with van der Waals surface area (Å²) in [6.45, 7) is 8.33. The zero-order valence-corrected chi connectivity index (χ0v) is 29.9. The normalized spacial score (nSPS) is 10.8. The molecular weight excluding hydrogens is 637 g/mol. The summed E-state index contributed by atoms with van der Waals surface area (Å²) in [6.07, 6.45) is 1.74. The van der Waals surface area contributed by atoms with Crippen LogP contribution in [0.25, 0.3) is 22.3 Å². The molecule has 0 aromatic heterocycles. The van der Waals surface area contributed by atoms with Crippen molar-refractivity contribution in [2.45, 2.75) is 27.7 Å². The van der Waals surface area contributed by atoms with Gasteiger partial charge in [0.25, 0.3) is 0 Å². The fraction of sp³-hybridized carbons (Fsp3) is 0.0833. The van der Waals surface area contributed by atoms with E-state index in [2.05, 4.69) is 159 Å². The Bertz CT molecular complexity index is 2060. The van der Waals surface area contributed by atoms with E-state index in [4.69, 9.17) is 0 Å². The van der Waals surface area contributed by atoms with Crippen molar-refractivity contribution < 1.29 is 9.59 Å². The molecule has 0 saturated carbocycles. The third-order valence-corrected chi connectivity index (χ3v) is 9.52. The maximum atomic E-state index is 12.6. The van der Waals surface area contributed by atoms with Gasteiger partial charge >= 0.3 is 0 Å². The van der Waals surface area contributed by atoms with Gasteiger partial charge in [-0.2, -0.15) is 0 Å². The molecule has 0 atom stereocenters. The van der Waals surface area contributed by atoms with Crippen LogP contribution >= 0.6 is 0 Å². The molecule has 0 aliphatic carbocycles. The molecule has 0 amide bonds. The van der Waals surface area contributed by atoms with Gasteiger partial charge in [-0.1, -0.05) is 95.1 Å². The monoisotopic (exact) mass is 676 g/mol. The van der Waals surface area contributed by atoms with Crippen molar-refractivity contribution in [1.29, 1.82) is 0 Å². The van der Waals surface area contributed by atoms with E-state index in [1.54, 1.807) is 0 Å². The molecule has 0 unspecified atom stereocenters. The average Bonchev–Trinajstić information content (AvgIpc) is 3.18. The van der Waals surface area contributed by atoms with Gasteiger partial charge in [-0.25, -0.2) is 0 Å². The number of hydrogen-bond acceptors (Lipinski definition) is 4. The highest BCUT2D eigenvalue weighted by atomic mass is 16.1. The summed E-state index contributed by atoms with van der Waals surface area (Å²) in [5, 5.41) is 0. The van der Waals surface area contributed by atoms with Gasteiger partial charge in [0.2, 0.25) is 0 Å². The van der Waals surface area contributed by atoms with Crippen molar-refractivity contribution in [3.8, 4) is 22.3 Å². The van der Waals surface area contributed by atoms with Crippen LogP contribution in [0.3, 0.4) is 0 Å². The Morgan fingerprint density at radius 1 is 0.327 bits per heavy atom. The lowest BCUT2D eigenvalue weighted by Crippen LogP contribution is -2.10. The van der Waals surface area contributed by atoms with Crippen LogP contribution in [0.5, 0.6) is 0 Å². The molecule has 7 aromatic carbocycles. The van der Waals surface area contributed by atoms with Crippen LogP contribution < -0.4 is 9.80 Å². The molecule has 254 valence electrons. The number of anilines is 6. The van der Waals surface area contributed by atoms with Crippen LogP contribution in [0.2, 0.25) is 0 Å². The maximum Gasteiger partial charge on any atom is 0.150 e. The molecule has 0 spiro atoms. The summed E-state index contributed by atoms with van der Waals surface area (Å²) >= 11 is 0. The number of carbonyl (C=O) groups excluding carboxylic acids is 2. The Hall–Kier alpha value is -6.52. The van der Waals surface area contributed by atoms with E-state index >= 15 is 0 Å². The first kappa shape index (κ1) is 34.0. The topological polar surface area (TPSA) is 40.6 Å².